The van der Waals surface area contributed by atoms with Gasteiger partial charge in [-0.05, 0) is 55.2 Å². The molecule has 1 aliphatic carbocycles. The standard InChI is InChI=1S/C22H20F5NO/c1-2-13-3-5-14(6-4-13)15-7-8-18(21(25)9-15)22(26,27)29-16-10-19(23)17(12-28)20(24)11-16/h7-11,13-14H,2-6H2,1H3. The maximum atomic E-state index is 14.5. The Morgan fingerprint density at radius 3 is 2.14 bits per heavy atom. The van der Waals surface area contributed by atoms with E-state index in [9.17, 15) is 22.0 Å². The zero-order valence-electron chi connectivity index (χ0n) is 15.8. The van der Waals surface area contributed by atoms with E-state index in [4.69, 9.17) is 5.26 Å². The minimum Gasteiger partial charge on any atom is -0.429 e. The van der Waals surface area contributed by atoms with Crippen molar-refractivity contribution in [1.29, 1.82) is 5.26 Å². The summed E-state index contributed by atoms with van der Waals surface area (Å²) < 4.78 is 75.0. The molecule has 0 aromatic heterocycles. The Labute approximate surface area is 165 Å². The summed E-state index contributed by atoms with van der Waals surface area (Å²) in [6.07, 6.45) is 0.775. The van der Waals surface area contributed by atoms with Crippen LogP contribution in [-0.2, 0) is 6.11 Å². The Morgan fingerprint density at radius 1 is 1.00 bits per heavy atom. The summed E-state index contributed by atoms with van der Waals surface area (Å²) in [6.45, 7) is 2.13. The molecule has 0 saturated heterocycles. The first-order chi connectivity index (χ1) is 13.7. The maximum Gasteiger partial charge on any atom is 0.429 e. The van der Waals surface area contributed by atoms with Crippen molar-refractivity contribution in [2.45, 2.75) is 51.1 Å². The summed E-state index contributed by atoms with van der Waals surface area (Å²) in [6, 6.07) is 5.71. The van der Waals surface area contributed by atoms with Crippen molar-refractivity contribution in [2.24, 2.45) is 5.92 Å². The summed E-state index contributed by atoms with van der Waals surface area (Å²) in [5.74, 6) is -3.88. The van der Waals surface area contributed by atoms with Gasteiger partial charge in [0.1, 0.15) is 34.8 Å². The normalized spacial score (nSPS) is 19.6. The SMILES string of the molecule is CCC1CCC(c2ccc(C(F)(F)Oc3cc(F)c(C#N)c(F)c3)c(F)c2)CC1. The third-order valence-corrected chi connectivity index (χ3v) is 5.58. The summed E-state index contributed by atoms with van der Waals surface area (Å²) in [7, 11) is 0. The van der Waals surface area contributed by atoms with Crippen molar-refractivity contribution in [3.8, 4) is 11.8 Å². The average molecular weight is 409 g/mol. The molecule has 0 spiro atoms. The van der Waals surface area contributed by atoms with E-state index >= 15 is 0 Å². The van der Waals surface area contributed by atoms with Gasteiger partial charge in [-0.2, -0.15) is 14.0 Å². The first-order valence-corrected chi connectivity index (χ1v) is 9.51. The van der Waals surface area contributed by atoms with E-state index < -0.39 is 40.4 Å². The molecule has 7 heteroatoms. The predicted molar refractivity (Wildman–Crippen MR) is 97.0 cm³/mol. The molecule has 2 nitrogen and oxygen atoms in total. The van der Waals surface area contributed by atoms with Crippen LogP contribution in [0.3, 0.4) is 0 Å². The van der Waals surface area contributed by atoms with Gasteiger partial charge in [0.15, 0.2) is 0 Å². The van der Waals surface area contributed by atoms with Gasteiger partial charge >= 0.3 is 6.11 Å². The van der Waals surface area contributed by atoms with E-state index in [1.54, 1.807) is 0 Å². The number of alkyl halides is 2. The number of nitrogens with zero attached hydrogens (tertiary/aromatic N) is 1. The molecule has 0 atom stereocenters. The Balaban J connectivity index is 1.80. The smallest absolute Gasteiger partial charge is 0.429 e. The molecular weight excluding hydrogens is 389 g/mol. The third kappa shape index (κ3) is 4.52. The fraction of sp³-hybridized carbons (Fsp3) is 0.409. The van der Waals surface area contributed by atoms with E-state index in [0.29, 0.717) is 23.6 Å². The van der Waals surface area contributed by atoms with E-state index in [1.807, 2.05) is 0 Å². The van der Waals surface area contributed by atoms with Crippen LogP contribution in [0.5, 0.6) is 5.75 Å². The van der Waals surface area contributed by atoms with Crippen molar-refractivity contribution in [1.82, 2.24) is 0 Å². The summed E-state index contributed by atoms with van der Waals surface area (Å²) in [5, 5.41) is 8.63. The highest BCUT2D eigenvalue weighted by molar-refractivity contribution is 5.38. The van der Waals surface area contributed by atoms with Gasteiger partial charge in [0.05, 0.1) is 5.56 Å². The fourth-order valence-corrected chi connectivity index (χ4v) is 3.84. The molecule has 0 amide bonds. The molecule has 2 aromatic rings. The predicted octanol–water partition coefficient (Wildman–Crippen LogP) is 6.79. The van der Waals surface area contributed by atoms with E-state index in [-0.39, 0.29) is 5.92 Å². The van der Waals surface area contributed by atoms with Gasteiger partial charge in [-0.15, -0.1) is 0 Å². The van der Waals surface area contributed by atoms with Crippen LogP contribution in [0.4, 0.5) is 22.0 Å². The molecule has 0 unspecified atom stereocenters. The molecule has 1 fully saturated rings. The quantitative estimate of drug-likeness (QED) is 0.510. The van der Waals surface area contributed by atoms with E-state index in [1.165, 1.54) is 12.1 Å². The van der Waals surface area contributed by atoms with Crippen molar-refractivity contribution < 1.29 is 26.7 Å². The van der Waals surface area contributed by atoms with Crippen LogP contribution in [0.2, 0.25) is 0 Å². The minimum absolute atomic E-state index is 0.123. The Hall–Kier alpha value is -2.62. The number of hydrogen-bond donors (Lipinski definition) is 0. The number of halogens is 5. The molecule has 0 bridgehead atoms. The molecule has 2 aromatic carbocycles. The van der Waals surface area contributed by atoms with Crippen LogP contribution < -0.4 is 4.74 Å². The second-order valence-electron chi connectivity index (χ2n) is 7.36. The van der Waals surface area contributed by atoms with Gasteiger partial charge < -0.3 is 4.74 Å². The number of ether oxygens (including phenoxy) is 1. The lowest BCUT2D eigenvalue weighted by Crippen LogP contribution is -2.24. The molecule has 0 N–H and O–H groups in total. The first kappa shape index (κ1) is 21.1. The van der Waals surface area contributed by atoms with Crippen molar-refractivity contribution in [3.63, 3.8) is 0 Å². The zero-order valence-corrected chi connectivity index (χ0v) is 15.8. The number of nitriles is 1. The van der Waals surface area contributed by atoms with Crippen LogP contribution in [0.1, 0.15) is 61.6 Å². The second-order valence-corrected chi connectivity index (χ2v) is 7.36. The molecule has 1 aliphatic rings. The fourth-order valence-electron chi connectivity index (χ4n) is 3.84. The molecule has 0 aliphatic heterocycles. The highest BCUT2D eigenvalue weighted by Crippen LogP contribution is 2.39. The number of benzene rings is 2. The molecule has 154 valence electrons. The molecule has 3 rings (SSSR count). The number of rotatable bonds is 5. The van der Waals surface area contributed by atoms with E-state index in [2.05, 4.69) is 11.7 Å². The van der Waals surface area contributed by atoms with Crippen molar-refractivity contribution >= 4 is 0 Å². The second kappa shape index (κ2) is 8.40. The van der Waals surface area contributed by atoms with Gasteiger partial charge in [0, 0.05) is 12.1 Å². The summed E-state index contributed by atoms with van der Waals surface area (Å²) in [5.41, 5.74) is -1.27. The molecule has 0 heterocycles. The summed E-state index contributed by atoms with van der Waals surface area (Å²) in [4.78, 5) is 0. The maximum absolute atomic E-state index is 14.5. The molecule has 29 heavy (non-hydrogen) atoms. The van der Waals surface area contributed by atoms with Gasteiger partial charge in [-0.25, -0.2) is 13.2 Å². The van der Waals surface area contributed by atoms with Crippen molar-refractivity contribution in [2.75, 3.05) is 0 Å². The van der Waals surface area contributed by atoms with Crippen LogP contribution in [-0.4, -0.2) is 0 Å². The lowest BCUT2D eigenvalue weighted by Gasteiger charge is -2.28. The van der Waals surface area contributed by atoms with Crippen LogP contribution in [0.15, 0.2) is 30.3 Å². The number of hydrogen-bond acceptors (Lipinski definition) is 2. The highest BCUT2D eigenvalue weighted by Gasteiger charge is 2.38. The molecular formula is C22H20F5NO. The monoisotopic (exact) mass is 409 g/mol. The van der Waals surface area contributed by atoms with Gasteiger partial charge in [0.2, 0.25) is 0 Å². The van der Waals surface area contributed by atoms with E-state index in [0.717, 1.165) is 44.2 Å². The Kier molecular flexibility index (Phi) is 6.11. The molecule has 1 saturated carbocycles. The van der Waals surface area contributed by atoms with Crippen molar-refractivity contribution in [3.05, 3.63) is 64.5 Å². The molecule has 0 radical (unpaired) electrons. The lowest BCUT2D eigenvalue weighted by atomic mass is 9.78. The summed E-state index contributed by atoms with van der Waals surface area (Å²) >= 11 is 0. The Bertz CT molecular complexity index is 906. The minimum atomic E-state index is -4.14. The topological polar surface area (TPSA) is 33.0 Å². The highest BCUT2D eigenvalue weighted by atomic mass is 19.3. The van der Waals surface area contributed by atoms with Gasteiger partial charge in [0.25, 0.3) is 0 Å². The zero-order chi connectivity index (χ0) is 21.2. The third-order valence-electron chi connectivity index (χ3n) is 5.58. The first-order valence-electron chi connectivity index (χ1n) is 9.51. The largest absolute Gasteiger partial charge is 0.429 e. The van der Waals surface area contributed by atoms with Crippen LogP contribution in [0.25, 0.3) is 0 Å². The van der Waals surface area contributed by atoms with Crippen LogP contribution >= 0.6 is 0 Å². The van der Waals surface area contributed by atoms with Gasteiger partial charge in [-0.1, -0.05) is 19.4 Å². The lowest BCUT2D eigenvalue weighted by molar-refractivity contribution is -0.187. The van der Waals surface area contributed by atoms with Crippen LogP contribution in [0, 0.1) is 34.7 Å². The average Bonchev–Trinajstić information content (AvgIpc) is 2.67. The Morgan fingerprint density at radius 2 is 1.62 bits per heavy atom. The van der Waals surface area contributed by atoms with Gasteiger partial charge in [-0.3, -0.25) is 0 Å².